The molecule has 204 valence electrons. The SMILES string of the molecule is CCOC(=O)C1=C(CN2CC(F)CCC2COCC(=O)O)NC(c2nccs2)=N[C@H]1c1ccc(F)cc1Br. The molecule has 4 rings (SSSR count). The number of benzene rings is 1. The van der Waals surface area contributed by atoms with Gasteiger partial charge in [0.1, 0.15) is 24.6 Å². The molecule has 3 atom stereocenters. The Bertz CT molecular complexity index is 1230. The van der Waals surface area contributed by atoms with Gasteiger partial charge in [0.05, 0.1) is 18.8 Å². The van der Waals surface area contributed by atoms with Crippen LogP contribution in [0, 0.1) is 5.82 Å². The van der Waals surface area contributed by atoms with Crippen LogP contribution in [0.4, 0.5) is 8.78 Å². The van der Waals surface area contributed by atoms with Crippen molar-refractivity contribution in [3.63, 3.8) is 0 Å². The van der Waals surface area contributed by atoms with Crippen LogP contribution in [0.15, 0.2) is 50.5 Å². The van der Waals surface area contributed by atoms with Crippen LogP contribution in [-0.2, 0) is 19.1 Å². The molecule has 0 saturated carbocycles. The maximum atomic E-state index is 14.5. The Kier molecular flexibility index (Phi) is 9.58. The Morgan fingerprint density at radius 2 is 2.16 bits per heavy atom. The lowest BCUT2D eigenvalue weighted by atomic mass is 9.94. The number of carboxylic acid groups (broad SMARTS) is 1. The number of ether oxygens (including phenoxy) is 2. The van der Waals surface area contributed by atoms with Crippen LogP contribution in [0.5, 0.6) is 0 Å². The summed E-state index contributed by atoms with van der Waals surface area (Å²) in [5, 5.41) is 14.5. The number of amidine groups is 1. The van der Waals surface area contributed by atoms with E-state index in [1.165, 1.54) is 23.5 Å². The first kappa shape index (κ1) is 28.3. The second kappa shape index (κ2) is 12.9. The summed E-state index contributed by atoms with van der Waals surface area (Å²) in [4.78, 5) is 35.2. The molecule has 0 amide bonds. The third-order valence-electron chi connectivity index (χ3n) is 6.17. The Hall–Kier alpha value is -2.74. The maximum absolute atomic E-state index is 14.5. The summed E-state index contributed by atoms with van der Waals surface area (Å²) in [6.07, 6.45) is 1.33. The second-order valence-corrected chi connectivity index (χ2v) is 10.5. The number of carboxylic acids is 1. The van der Waals surface area contributed by atoms with E-state index in [2.05, 4.69) is 26.2 Å². The molecule has 1 aromatic carbocycles. The average molecular weight is 613 g/mol. The number of hydrogen-bond donors (Lipinski definition) is 2. The molecule has 1 aromatic heterocycles. The number of rotatable bonds is 10. The largest absolute Gasteiger partial charge is 0.480 e. The summed E-state index contributed by atoms with van der Waals surface area (Å²) in [5.74, 6) is -1.73. The molecule has 1 saturated heterocycles. The number of aromatic nitrogens is 1. The molecule has 0 spiro atoms. The van der Waals surface area contributed by atoms with E-state index in [0.717, 1.165) is 0 Å². The zero-order valence-corrected chi connectivity index (χ0v) is 22.9. The van der Waals surface area contributed by atoms with Crippen molar-refractivity contribution in [2.45, 2.75) is 38.0 Å². The van der Waals surface area contributed by atoms with E-state index >= 15 is 0 Å². The summed E-state index contributed by atoms with van der Waals surface area (Å²) < 4.78 is 39.6. The van der Waals surface area contributed by atoms with Crippen LogP contribution in [0.2, 0.25) is 0 Å². The Morgan fingerprint density at radius 1 is 1.34 bits per heavy atom. The van der Waals surface area contributed by atoms with E-state index in [1.54, 1.807) is 24.6 Å². The zero-order chi connectivity index (χ0) is 27.2. The number of carbonyl (C=O) groups excluding carboxylic acids is 1. The number of carbonyl (C=O) groups is 2. The molecule has 0 aliphatic carbocycles. The molecular weight excluding hydrogens is 586 g/mol. The van der Waals surface area contributed by atoms with E-state index < -0.39 is 36.6 Å². The number of nitrogens with zero attached hydrogens (tertiary/aromatic N) is 3. The third-order valence-corrected chi connectivity index (χ3v) is 7.64. The molecule has 2 N–H and O–H groups in total. The van der Waals surface area contributed by atoms with Gasteiger partial charge in [0.25, 0.3) is 0 Å². The minimum atomic E-state index is -1.09. The Balaban J connectivity index is 1.76. The monoisotopic (exact) mass is 612 g/mol. The molecule has 9 nitrogen and oxygen atoms in total. The summed E-state index contributed by atoms with van der Waals surface area (Å²) in [7, 11) is 0. The number of esters is 1. The van der Waals surface area contributed by atoms with Crippen LogP contribution in [0.1, 0.15) is 36.4 Å². The molecule has 2 aromatic rings. The molecule has 0 bridgehead atoms. The van der Waals surface area contributed by atoms with Crippen LogP contribution in [0.25, 0.3) is 0 Å². The van der Waals surface area contributed by atoms with Gasteiger partial charge in [-0.1, -0.05) is 22.0 Å². The molecular formula is C25H27BrF2N4O5S. The van der Waals surface area contributed by atoms with Crippen LogP contribution < -0.4 is 5.32 Å². The zero-order valence-electron chi connectivity index (χ0n) is 20.5. The molecule has 2 aliphatic heterocycles. The highest BCUT2D eigenvalue weighted by molar-refractivity contribution is 9.10. The molecule has 13 heteroatoms. The number of nitrogens with one attached hydrogen (secondary N) is 1. The number of thiazole rings is 1. The number of likely N-dealkylation sites (tertiary alicyclic amines) is 1. The van der Waals surface area contributed by atoms with Gasteiger partial charge in [-0.15, -0.1) is 11.3 Å². The van der Waals surface area contributed by atoms with Crippen molar-refractivity contribution in [2.24, 2.45) is 4.99 Å². The summed E-state index contributed by atoms with van der Waals surface area (Å²) in [6, 6.07) is 3.02. The van der Waals surface area contributed by atoms with E-state index in [0.29, 0.717) is 39.4 Å². The summed E-state index contributed by atoms with van der Waals surface area (Å²) >= 11 is 4.75. The van der Waals surface area contributed by atoms with Crippen molar-refractivity contribution >= 4 is 45.0 Å². The fourth-order valence-corrected chi connectivity index (χ4v) is 5.64. The molecule has 0 radical (unpaired) electrons. The van der Waals surface area contributed by atoms with E-state index in [4.69, 9.17) is 19.6 Å². The van der Waals surface area contributed by atoms with E-state index in [9.17, 15) is 18.4 Å². The topological polar surface area (TPSA) is 113 Å². The van der Waals surface area contributed by atoms with Crippen molar-refractivity contribution in [2.75, 3.05) is 32.9 Å². The number of piperidine rings is 1. The minimum absolute atomic E-state index is 0.0804. The summed E-state index contributed by atoms with van der Waals surface area (Å²) in [5.41, 5.74) is 1.21. The maximum Gasteiger partial charge on any atom is 0.338 e. The van der Waals surface area contributed by atoms with Gasteiger partial charge in [0.15, 0.2) is 10.8 Å². The number of aliphatic carboxylic acids is 1. The van der Waals surface area contributed by atoms with Gasteiger partial charge in [0.2, 0.25) is 0 Å². The number of alkyl halides is 1. The van der Waals surface area contributed by atoms with Gasteiger partial charge < -0.3 is 19.9 Å². The lowest BCUT2D eigenvalue weighted by Crippen LogP contribution is -2.50. The standard InChI is InChI=1S/C25H27BrF2N4O5S/c1-2-37-25(35)21-19(11-32-10-15(28)3-5-16(32)12-36-13-20(33)34)30-23(24-29-7-8-38-24)31-22(21)17-6-4-14(27)9-18(17)26/h4,6-9,15-16,22H,2-3,5,10-13H2,1H3,(H,30,31)(H,33,34)/t15?,16?,22-/m0/s1. The van der Waals surface area contributed by atoms with Crippen molar-refractivity contribution in [3.05, 3.63) is 61.9 Å². The molecule has 3 heterocycles. The second-order valence-electron chi connectivity index (χ2n) is 8.79. The van der Waals surface area contributed by atoms with Gasteiger partial charge in [-0.2, -0.15) is 0 Å². The van der Waals surface area contributed by atoms with Crippen LogP contribution in [0.3, 0.4) is 0 Å². The first-order valence-electron chi connectivity index (χ1n) is 12.0. The van der Waals surface area contributed by atoms with Gasteiger partial charge >= 0.3 is 11.9 Å². The Morgan fingerprint density at radius 3 is 2.84 bits per heavy atom. The van der Waals surface area contributed by atoms with Gasteiger partial charge in [-0.25, -0.2) is 23.4 Å². The van der Waals surface area contributed by atoms with Crippen LogP contribution >= 0.6 is 27.3 Å². The van der Waals surface area contributed by atoms with Crippen molar-refractivity contribution in [1.29, 1.82) is 0 Å². The first-order valence-corrected chi connectivity index (χ1v) is 13.7. The predicted octanol–water partition coefficient (Wildman–Crippen LogP) is 3.86. The minimum Gasteiger partial charge on any atom is -0.480 e. The Labute approximate surface area is 230 Å². The van der Waals surface area contributed by atoms with Crippen LogP contribution in [-0.4, -0.2) is 77.9 Å². The third kappa shape index (κ3) is 6.82. The number of halogens is 3. The fraction of sp³-hybridized carbons (Fsp3) is 0.440. The molecule has 2 aliphatic rings. The van der Waals surface area contributed by atoms with Crippen molar-refractivity contribution in [1.82, 2.24) is 15.2 Å². The summed E-state index contributed by atoms with van der Waals surface area (Å²) in [6.45, 7) is 1.65. The lowest BCUT2D eigenvalue weighted by molar-refractivity contribution is -0.143. The molecule has 38 heavy (non-hydrogen) atoms. The van der Waals surface area contributed by atoms with Gasteiger partial charge in [-0.05, 0) is 37.5 Å². The average Bonchev–Trinajstić information content (AvgIpc) is 3.40. The normalized spacial score (nSPS) is 22.1. The predicted molar refractivity (Wildman–Crippen MR) is 140 cm³/mol. The number of aliphatic imine (C=N–C) groups is 1. The highest BCUT2D eigenvalue weighted by Crippen LogP contribution is 2.37. The fourth-order valence-electron chi connectivity index (χ4n) is 4.49. The van der Waals surface area contributed by atoms with Crippen molar-refractivity contribution in [3.8, 4) is 0 Å². The molecule has 2 unspecified atom stereocenters. The van der Waals surface area contributed by atoms with Gasteiger partial charge in [-0.3, -0.25) is 9.89 Å². The van der Waals surface area contributed by atoms with E-state index in [1.807, 2.05) is 4.90 Å². The lowest BCUT2D eigenvalue weighted by Gasteiger charge is -2.39. The first-order chi connectivity index (χ1) is 18.3. The van der Waals surface area contributed by atoms with Crippen molar-refractivity contribution < 1.29 is 33.0 Å². The number of hydrogen-bond acceptors (Lipinski definition) is 9. The van der Waals surface area contributed by atoms with E-state index in [-0.39, 0.29) is 37.9 Å². The molecule has 1 fully saturated rings. The smallest absolute Gasteiger partial charge is 0.338 e. The highest BCUT2D eigenvalue weighted by atomic mass is 79.9. The highest BCUT2D eigenvalue weighted by Gasteiger charge is 2.37. The quantitative estimate of drug-likeness (QED) is 0.389. The van der Waals surface area contributed by atoms with Gasteiger partial charge in [0, 0.05) is 40.9 Å².